The molecular weight excluding hydrogens is 186 g/mol. The fourth-order valence-electron chi connectivity index (χ4n) is 1.79. The topological polar surface area (TPSA) is 30.0 Å². The molecule has 0 N–H and O–H groups in total. The van der Waals surface area contributed by atoms with Crippen LogP contribution in [0.1, 0.15) is 30.7 Å². The van der Waals surface area contributed by atoms with E-state index in [1.807, 2.05) is 0 Å². The van der Waals surface area contributed by atoms with Crippen LogP contribution >= 0.6 is 11.6 Å². The summed E-state index contributed by atoms with van der Waals surface area (Å²) in [5.41, 5.74) is 0.895. The van der Waals surface area contributed by atoms with Crippen molar-refractivity contribution in [2.24, 2.45) is 0 Å². The first kappa shape index (κ1) is 8.70. The molecule has 0 bridgehead atoms. The average Bonchev–Trinajstić information content (AvgIpc) is 2.52. The highest BCUT2D eigenvalue weighted by Gasteiger charge is 2.27. The van der Waals surface area contributed by atoms with Crippen LogP contribution in [-0.2, 0) is 4.79 Å². The molecule has 3 heteroatoms. The van der Waals surface area contributed by atoms with Crippen LogP contribution in [0.5, 0.6) is 0 Å². The number of halogens is 1. The van der Waals surface area contributed by atoms with Gasteiger partial charge in [-0.05, 0) is 24.5 Å². The van der Waals surface area contributed by atoms with Crippen molar-refractivity contribution in [1.82, 2.24) is 4.98 Å². The van der Waals surface area contributed by atoms with E-state index in [1.165, 1.54) is 0 Å². The maximum atomic E-state index is 11.4. The maximum Gasteiger partial charge on any atom is 0.140 e. The van der Waals surface area contributed by atoms with Gasteiger partial charge < -0.3 is 0 Å². The van der Waals surface area contributed by atoms with E-state index in [4.69, 9.17) is 11.6 Å². The lowest BCUT2D eigenvalue weighted by Gasteiger charge is -2.08. The van der Waals surface area contributed by atoms with Crippen molar-refractivity contribution in [1.29, 1.82) is 0 Å². The molecule has 0 amide bonds. The highest BCUT2D eigenvalue weighted by molar-refractivity contribution is 6.31. The highest BCUT2D eigenvalue weighted by atomic mass is 35.5. The van der Waals surface area contributed by atoms with Crippen LogP contribution in [0.25, 0.3) is 0 Å². The molecule has 1 aliphatic rings. The van der Waals surface area contributed by atoms with Crippen molar-refractivity contribution < 1.29 is 4.79 Å². The van der Waals surface area contributed by atoms with Gasteiger partial charge in [-0.25, -0.2) is 0 Å². The third kappa shape index (κ3) is 1.59. The number of rotatable bonds is 1. The molecule has 1 fully saturated rings. The van der Waals surface area contributed by atoms with E-state index in [0.717, 1.165) is 18.4 Å². The van der Waals surface area contributed by atoms with Gasteiger partial charge in [-0.2, -0.15) is 0 Å². The summed E-state index contributed by atoms with van der Waals surface area (Å²) >= 11 is 5.98. The monoisotopic (exact) mass is 195 g/mol. The molecule has 1 heterocycles. The van der Waals surface area contributed by atoms with Crippen molar-refractivity contribution in [3.63, 3.8) is 0 Å². The first-order valence-corrected chi connectivity index (χ1v) is 4.79. The van der Waals surface area contributed by atoms with Crippen molar-refractivity contribution >= 4 is 17.4 Å². The Hall–Kier alpha value is -0.890. The summed E-state index contributed by atoms with van der Waals surface area (Å²) in [5, 5.41) is 0.662. The molecular formula is C10H10ClNO. The van der Waals surface area contributed by atoms with Crippen molar-refractivity contribution in [3.8, 4) is 0 Å². The van der Waals surface area contributed by atoms with Crippen LogP contribution in [-0.4, -0.2) is 10.8 Å². The second-order valence-electron chi connectivity index (χ2n) is 3.31. The zero-order valence-corrected chi connectivity index (χ0v) is 7.92. The minimum Gasteiger partial charge on any atom is -0.299 e. The molecule has 1 aromatic heterocycles. The zero-order valence-electron chi connectivity index (χ0n) is 7.16. The van der Waals surface area contributed by atoms with Gasteiger partial charge in [-0.1, -0.05) is 11.6 Å². The molecule has 0 saturated heterocycles. The first-order chi connectivity index (χ1) is 6.29. The summed E-state index contributed by atoms with van der Waals surface area (Å²) in [4.78, 5) is 15.4. The summed E-state index contributed by atoms with van der Waals surface area (Å²) in [5.74, 6) is 0.302. The Balaban J connectivity index is 2.34. The molecule has 1 aromatic rings. The number of hydrogen-bond acceptors (Lipinski definition) is 2. The number of ketones is 1. The SMILES string of the molecule is O=C1CCCC1c1cnccc1Cl. The third-order valence-corrected chi connectivity index (χ3v) is 2.82. The Morgan fingerprint density at radius 2 is 2.38 bits per heavy atom. The number of pyridine rings is 1. The fourth-order valence-corrected chi connectivity index (χ4v) is 2.03. The van der Waals surface area contributed by atoms with Crippen LogP contribution in [0.3, 0.4) is 0 Å². The second kappa shape index (κ2) is 3.46. The Morgan fingerprint density at radius 1 is 1.54 bits per heavy atom. The van der Waals surface area contributed by atoms with Crippen LogP contribution in [0, 0.1) is 0 Å². The van der Waals surface area contributed by atoms with Crippen LogP contribution in [0.2, 0.25) is 5.02 Å². The second-order valence-corrected chi connectivity index (χ2v) is 3.72. The lowest BCUT2D eigenvalue weighted by atomic mass is 9.99. The van der Waals surface area contributed by atoms with E-state index >= 15 is 0 Å². The van der Waals surface area contributed by atoms with E-state index in [1.54, 1.807) is 18.5 Å². The average molecular weight is 196 g/mol. The number of Topliss-reactive ketones (excluding diaryl/α,β-unsaturated/α-hetero) is 1. The van der Waals surface area contributed by atoms with Gasteiger partial charge in [-0.15, -0.1) is 0 Å². The minimum atomic E-state index is 0.00111. The summed E-state index contributed by atoms with van der Waals surface area (Å²) in [6.45, 7) is 0. The predicted molar refractivity (Wildman–Crippen MR) is 50.8 cm³/mol. The van der Waals surface area contributed by atoms with Crippen LogP contribution in [0.4, 0.5) is 0 Å². The van der Waals surface area contributed by atoms with Gasteiger partial charge in [0.1, 0.15) is 5.78 Å². The molecule has 1 unspecified atom stereocenters. The summed E-state index contributed by atoms with van der Waals surface area (Å²) in [6, 6.07) is 1.74. The van der Waals surface area contributed by atoms with E-state index in [-0.39, 0.29) is 5.92 Å². The quantitative estimate of drug-likeness (QED) is 0.690. The summed E-state index contributed by atoms with van der Waals surface area (Å²) in [7, 11) is 0. The van der Waals surface area contributed by atoms with E-state index in [9.17, 15) is 4.79 Å². The van der Waals surface area contributed by atoms with Gasteiger partial charge in [0, 0.05) is 29.8 Å². The van der Waals surface area contributed by atoms with Crippen molar-refractivity contribution in [3.05, 3.63) is 29.0 Å². The summed E-state index contributed by atoms with van der Waals surface area (Å²) < 4.78 is 0. The molecule has 1 atom stereocenters. The van der Waals surface area contributed by atoms with Crippen LogP contribution < -0.4 is 0 Å². The van der Waals surface area contributed by atoms with Gasteiger partial charge in [0.05, 0.1) is 0 Å². The third-order valence-electron chi connectivity index (χ3n) is 2.48. The van der Waals surface area contributed by atoms with Gasteiger partial charge in [0.2, 0.25) is 0 Å². The van der Waals surface area contributed by atoms with Gasteiger partial charge in [-0.3, -0.25) is 9.78 Å². The molecule has 1 aliphatic carbocycles. The Labute approximate surface area is 81.9 Å². The highest BCUT2D eigenvalue weighted by Crippen LogP contribution is 2.34. The molecule has 0 radical (unpaired) electrons. The molecule has 13 heavy (non-hydrogen) atoms. The van der Waals surface area contributed by atoms with Gasteiger partial charge in [0.25, 0.3) is 0 Å². The normalized spacial score (nSPS) is 22.2. The molecule has 0 aliphatic heterocycles. The standard InChI is InChI=1S/C10H10ClNO/c11-9-4-5-12-6-8(9)7-2-1-3-10(7)13/h4-7H,1-3H2. The molecule has 68 valence electrons. The zero-order chi connectivity index (χ0) is 9.26. The fraction of sp³-hybridized carbons (Fsp3) is 0.400. The minimum absolute atomic E-state index is 0.00111. The molecule has 2 rings (SSSR count). The number of nitrogens with zero attached hydrogens (tertiary/aromatic N) is 1. The van der Waals surface area contributed by atoms with E-state index in [0.29, 0.717) is 17.2 Å². The number of carbonyl (C=O) groups excluding carboxylic acids is 1. The molecule has 0 spiro atoms. The van der Waals surface area contributed by atoms with Crippen molar-refractivity contribution in [2.45, 2.75) is 25.2 Å². The Morgan fingerprint density at radius 3 is 3.00 bits per heavy atom. The lowest BCUT2D eigenvalue weighted by molar-refractivity contribution is -0.118. The first-order valence-electron chi connectivity index (χ1n) is 4.41. The van der Waals surface area contributed by atoms with Crippen molar-refractivity contribution in [2.75, 3.05) is 0 Å². The molecule has 1 saturated carbocycles. The Kier molecular flexibility index (Phi) is 2.32. The number of hydrogen-bond donors (Lipinski definition) is 0. The predicted octanol–water partition coefficient (Wildman–Crippen LogP) is 2.57. The molecule has 2 nitrogen and oxygen atoms in total. The van der Waals surface area contributed by atoms with E-state index < -0.39 is 0 Å². The van der Waals surface area contributed by atoms with Gasteiger partial charge in [0.15, 0.2) is 0 Å². The smallest absolute Gasteiger partial charge is 0.140 e. The lowest BCUT2D eigenvalue weighted by Crippen LogP contribution is -2.04. The van der Waals surface area contributed by atoms with Gasteiger partial charge >= 0.3 is 0 Å². The molecule has 0 aromatic carbocycles. The number of aromatic nitrogens is 1. The Bertz CT molecular complexity index is 337. The largest absolute Gasteiger partial charge is 0.299 e. The summed E-state index contributed by atoms with van der Waals surface area (Å²) in [6.07, 6.45) is 5.94. The number of carbonyl (C=O) groups is 1. The van der Waals surface area contributed by atoms with Crippen LogP contribution in [0.15, 0.2) is 18.5 Å². The van der Waals surface area contributed by atoms with E-state index in [2.05, 4.69) is 4.98 Å². The maximum absolute atomic E-state index is 11.4.